The minimum Gasteiger partial charge on any atom is -0.338 e. The molecule has 0 heterocycles. The Bertz CT molecular complexity index is 1050. The zero-order valence-corrected chi connectivity index (χ0v) is 19.2. The van der Waals surface area contributed by atoms with Gasteiger partial charge in [-0.2, -0.15) is 4.31 Å². The number of ketones is 1. The normalized spacial score (nSPS) is 16.1. The van der Waals surface area contributed by atoms with Crippen molar-refractivity contribution in [3.63, 3.8) is 0 Å². The van der Waals surface area contributed by atoms with Gasteiger partial charge in [-0.05, 0) is 55.9 Å². The number of carbonyl (C=O) groups is 2. The van der Waals surface area contributed by atoms with Crippen molar-refractivity contribution in [2.24, 2.45) is 0 Å². The Morgan fingerprint density at radius 1 is 1.03 bits per heavy atom. The summed E-state index contributed by atoms with van der Waals surface area (Å²) in [5, 5.41) is 0. The molecule has 0 fully saturated rings. The monoisotopic (exact) mass is 442 g/mol. The predicted molar refractivity (Wildman–Crippen MR) is 121 cm³/mol. The molecule has 1 aliphatic rings. The molecule has 3 rings (SSSR count). The summed E-state index contributed by atoms with van der Waals surface area (Å²) in [5.41, 5.74) is 3.04. The fraction of sp³-hybridized carbons (Fsp3) is 0.417. The first-order chi connectivity index (χ1) is 14.7. The lowest BCUT2D eigenvalue weighted by atomic mass is 9.87. The second-order valence-electron chi connectivity index (χ2n) is 8.09. The fourth-order valence-corrected chi connectivity index (χ4v) is 5.22. The number of nitrogens with zero attached hydrogens (tertiary/aromatic N) is 2. The summed E-state index contributed by atoms with van der Waals surface area (Å²) in [4.78, 5) is 26.5. The highest BCUT2D eigenvalue weighted by Gasteiger charge is 2.30. The van der Waals surface area contributed by atoms with E-state index in [2.05, 4.69) is 12.1 Å². The number of likely N-dealkylation sites (N-methyl/N-ethyl adjacent to an activating group) is 1. The predicted octanol–water partition coefficient (Wildman–Crippen LogP) is 3.31. The Labute approximate surface area is 184 Å². The minimum atomic E-state index is -3.83. The minimum absolute atomic E-state index is 0.0708. The van der Waals surface area contributed by atoms with Gasteiger partial charge in [0.15, 0.2) is 5.78 Å². The van der Waals surface area contributed by atoms with Gasteiger partial charge >= 0.3 is 0 Å². The van der Waals surface area contributed by atoms with Crippen LogP contribution >= 0.6 is 0 Å². The van der Waals surface area contributed by atoms with E-state index in [9.17, 15) is 18.0 Å². The van der Waals surface area contributed by atoms with Crippen LogP contribution in [0.5, 0.6) is 0 Å². The topological polar surface area (TPSA) is 74.8 Å². The number of Topliss-reactive ketones (excluding diaryl/α,β-unsaturated/α-hetero) is 1. The molecule has 2 aromatic rings. The van der Waals surface area contributed by atoms with Crippen molar-refractivity contribution in [3.05, 3.63) is 65.2 Å². The summed E-state index contributed by atoms with van der Waals surface area (Å²) in [7, 11) is -2.41. The number of carbonyl (C=O) groups excluding carboxylic acids is 2. The van der Waals surface area contributed by atoms with Crippen molar-refractivity contribution >= 4 is 21.7 Å². The van der Waals surface area contributed by atoms with Gasteiger partial charge in [0.1, 0.15) is 0 Å². The maximum absolute atomic E-state index is 13.2. The molecular formula is C24H30N2O4S. The summed E-state index contributed by atoms with van der Waals surface area (Å²) in [6, 6.07) is 14.2. The molecule has 0 saturated heterocycles. The quantitative estimate of drug-likeness (QED) is 0.588. The van der Waals surface area contributed by atoms with Crippen LogP contribution in [0.25, 0.3) is 0 Å². The lowest BCUT2D eigenvalue weighted by Crippen LogP contribution is -2.48. The molecule has 1 aliphatic carbocycles. The highest BCUT2D eigenvalue weighted by Crippen LogP contribution is 2.25. The first kappa shape index (κ1) is 23.2. The molecule has 0 aliphatic heterocycles. The highest BCUT2D eigenvalue weighted by atomic mass is 32.2. The van der Waals surface area contributed by atoms with E-state index >= 15 is 0 Å². The van der Waals surface area contributed by atoms with E-state index in [0.29, 0.717) is 12.1 Å². The molecule has 0 unspecified atom stereocenters. The highest BCUT2D eigenvalue weighted by molar-refractivity contribution is 7.89. The third-order valence-corrected chi connectivity index (χ3v) is 7.69. The van der Waals surface area contributed by atoms with Crippen molar-refractivity contribution in [1.29, 1.82) is 0 Å². The van der Waals surface area contributed by atoms with E-state index < -0.39 is 10.0 Å². The smallest absolute Gasteiger partial charge is 0.243 e. The lowest BCUT2D eigenvalue weighted by molar-refractivity contribution is -0.133. The van der Waals surface area contributed by atoms with Gasteiger partial charge in [-0.15, -0.1) is 0 Å². The Morgan fingerprint density at radius 3 is 2.29 bits per heavy atom. The average Bonchev–Trinajstić information content (AvgIpc) is 2.77. The Kier molecular flexibility index (Phi) is 7.28. The Hall–Kier alpha value is -2.51. The number of hydrogen-bond donors (Lipinski definition) is 0. The largest absolute Gasteiger partial charge is 0.338 e. The van der Waals surface area contributed by atoms with Crippen LogP contribution in [0, 0.1) is 0 Å². The summed E-state index contributed by atoms with van der Waals surface area (Å²) in [6.45, 7) is 3.84. The van der Waals surface area contributed by atoms with Crippen molar-refractivity contribution in [3.8, 4) is 0 Å². The molecule has 0 bridgehead atoms. The molecule has 0 radical (unpaired) electrons. The van der Waals surface area contributed by atoms with Crippen LogP contribution in [0.1, 0.15) is 48.2 Å². The number of amides is 1. The molecule has 6 nitrogen and oxygen atoms in total. The van der Waals surface area contributed by atoms with Gasteiger partial charge < -0.3 is 4.90 Å². The van der Waals surface area contributed by atoms with Gasteiger partial charge in [-0.25, -0.2) is 8.42 Å². The number of hydrogen-bond acceptors (Lipinski definition) is 4. The molecule has 7 heteroatoms. The zero-order valence-electron chi connectivity index (χ0n) is 18.4. The second kappa shape index (κ2) is 9.75. The summed E-state index contributed by atoms with van der Waals surface area (Å²) < 4.78 is 27.0. The van der Waals surface area contributed by atoms with Crippen molar-refractivity contribution < 1.29 is 18.0 Å². The first-order valence-corrected chi connectivity index (χ1v) is 12.1. The maximum Gasteiger partial charge on any atom is 0.243 e. The third-order valence-electron chi connectivity index (χ3n) is 5.87. The molecule has 1 atom stereocenters. The zero-order chi connectivity index (χ0) is 22.6. The van der Waals surface area contributed by atoms with E-state index in [4.69, 9.17) is 0 Å². The summed E-state index contributed by atoms with van der Waals surface area (Å²) >= 11 is 0. The number of sulfonamides is 1. The van der Waals surface area contributed by atoms with Crippen molar-refractivity contribution in [1.82, 2.24) is 9.21 Å². The molecule has 0 N–H and O–H groups in total. The van der Waals surface area contributed by atoms with Crippen molar-refractivity contribution in [2.75, 3.05) is 20.1 Å². The molecule has 166 valence electrons. The molecule has 0 aromatic heterocycles. The van der Waals surface area contributed by atoms with E-state index in [1.165, 1.54) is 49.4 Å². The Balaban J connectivity index is 1.73. The van der Waals surface area contributed by atoms with Crippen LogP contribution in [0.3, 0.4) is 0 Å². The SMILES string of the molecule is CCCN(C(=O)CN(C)S(=O)(=O)c1ccc(C(C)=O)cc1)[C@H]1CCc2ccccc2C1. The van der Waals surface area contributed by atoms with Crippen LogP contribution in [0.4, 0.5) is 0 Å². The lowest BCUT2D eigenvalue weighted by Gasteiger charge is -2.36. The third kappa shape index (κ3) is 5.22. The second-order valence-corrected chi connectivity index (χ2v) is 10.1. The van der Waals surface area contributed by atoms with E-state index in [-0.39, 0.29) is 29.2 Å². The fourth-order valence-electron chi connectivity index (χ4n) is 4.10. The molecule has 2 aromatic carbocycles. The van der Waals surface area contributed by atoms with Gasteiger partial charge in [0, 0.05) is 25.2 Å². The molecule has 1 amide bonds. The average molecular weight is 443 g/mol. The van der Waals surface area contributed by atoms with Gasteiger partial charge in [-0.1, -0.05) is 43.3 Å². The number of rotatable bonds is 8. The van der Waals surface area contributed by atoms with Crippen LogP contribution in [-0.2, 0) is 27.7 Å². The summed E-state index contributed by atoms with van der Waals surface area (Å²) in [5.74, 6) is -0.311. The van der Waals surface area contributed by atoms with E-state index in [0.717, 1.165) is 30.0 Å². The van der Waals surface area contributed by atoms with Gasteiger partial charge in [0.2, 0.25) is 15.9 Å². The Morgan fingerprint density at radius 2 is 1.68 bits per heavy atom. The van der Waals surface area contributed by atoms with Gasteiger partial charge in [-0.3, -0.25) is 9.59 Å². The first-order valence-electron chi connectivity index (χ1n) is 10.7. The number of aryl methyl sites for hydroxylation is 1. The van der Waals surface area contributed by atoms with Crippen LogP contribution in [0.15, 0.2) is 53.4 Å². The van der Waals surface area contributed by atoms with Crippen LogP contribution in [-0.4, -0.2) is 55.5 Å². The van der Waals surface area contributed by atoms with Crippen LogP contribution in [0.2, 0.25) is 0 Å². The molecule has 0 saturated carbocycles. The van der Waals surface area contributed by atoms with E-state index in [1.807, 2.05) is 24.0 Å². The van der Waals surface area contributed by atoms with Crippen molar-refractivity contribution in [2.45, 2.75) is 50.5 Å². The number of benzene rings is 2. The molecular weight excluding hydrogens is 412 g/mol. The van der Waals surface area contributed by atoms with Gasteiger partial charge in [0.05, 0.1) is 11.4 Å². The maximum atomic E-state index is 13.2. The molecule has 31 heavy (non-hydrogen) atoms. The number of fused-ring (bicyclic) bond motifs is 1. The van der Waals surface area contributed by atoms with Crippen LogP contribution < -0.4 is 0 Å². The van der Waals surface area contributed by atoms with Gasteiger partial charge in [0.25, 0.3) is 0 Å². The summed E-state index contributed by atoms with van der Waals surface area (Å²) in [6.07, 6.45) is 3.41. The van der Waals surface area contributed by atoms with E-state index in [1.54, 1.807) is 0 Å². The molecule has 0 spiro atoms. The standard InChI is InChI=1S/C24H30N2O4S/c1-4-15-26(22-12-9-20-7-5-6-8-21(20)16-22)24(28)17-25(3)31(29,30)23-13-10-19(11-14-23)18(2)27/h5-8,10-11,13-14,22H,4,9,12,15-17H2,1-3H3/t22-/m0/s1.